The number of ether oxygens (including phenoxy) is 2. The van der Waals surface area contributed by atoms with Gasteiger partial charge in [-0.3, -0.25) is 4.98 Å². The molecule has 148 valence electrons. The van der Waals surface area contributed by atoms with Crippen molar-refractivity contribution in [2.75, 3.05) is 7.11 Å². The van der Waals surface area contributed by atoms with Gasteiger partial charge in [0.1, 0.15) is 12.4 Å². The van der Waals surface area contributed by atoms with Gasteiger partial charge in [0.2, 0.25) is 0 Å². The maximum Gasteiger partial charge on any atom is 0.166 e. The fourth-order valence-electron chi connectivity index (χ4n) is 2.66. The molecule has 1 aromatic heterocycles. The normalized spacial score (nSPS) is 10.2. The molecule has 4 nitrogen and oxygen atoms in total. The summed E-state index contributed by atoms with van der Waals surface area (Å²) < 4.78 is 24.6. The molecule has 0 radical (unpaired) electrons. The smallest absolute Gasteiger partial charge is 0.166 e. The van der Waals surface area contributed by atoms with E-state index in [4.69, 9.17) is 21.1 Å². The molecule has 3 aromatic rings. The number of halogens is 3. The van der Waals surface area contributed by atoms with Gasteiger partial charge in [0.25, 0.3) is 0 Å². The molecule has 0 amide bonds. The molecule has 0 aliphatic rings. The number of rotatable bonds is 8. The first-order chi connectivity index (χ1) is 13.2. The maximum absolute atomic E-state index is 13.2. The summed E-state index contributed by atoms with van der Waals surface area (Å²) in [4.78, 5) is 4.11. The predicted octanol–water partition coefficient (Wildman–Crippen LogP) is 1.76. The second-order valence-electron chi connectivity index (χ2n) is 5.94. The van der Waals surface area contributed by atoms with Crippen LogP contribution in [0.15, 0.2) is 60.9 Å². The molecule has 0 atom stereocenters. The molecule has 3 rings (SSSR count). The van der Waals surface area contributed by atoms with E-state index >= 15 is 0 Å². The summed E-state index contributed by atoms with van der Waals surface area (Å²) in [5, 5.41) is 3.71. The zero-order valence-electron chi connectivity index (χ0n) is 15.3. The number of hydrogen-bond acceptors (Lipinski definition) is 4. The zero-order chi connectivity index (χ0) is 19.1. The van der Waals surface area contributed by atoms with Crippen molar-refractivity contribution in [3.8, 4) is 11.5 Å². The van der Waals surface area contributed by atoms with Crippen molar-refractivity contribution in [2.24, 2.45) is 0 Å². The van der Waals surface area contributed by atoms with Crippen LogP contribution < -0.4 is 27.2 Å². The lowest BCUT2D eigenvalue weighted by molar-refractivity contribution is -0.00000660. The Kier molecular flexibility index (Phi) is 8.51. The average Bonchev–Trinajstić information content (AvgIpc) is 2.68. The molecule has 7 heteroatoms. The number of nitrogens with zero attached hydrogens (tertiary/aromatic N) is 1. The van der Waals surface area contributed by atoms with E-state index in [9.17, 15) is 4.39 Å². The van der Waals surface area contributed by atoms with Crippen LogP contribution in [0.3, 0.4) is 0 Å². The predicted molar refractivity (Wildman–Crippen MR) is 104 cm³/mol. The quantitative estimate of drug-likeness (QED) is 0.601. The minimum Gasteiger partial charge on any atom is -1.00 e. The van der Waals surface area contributed by atoms with Gasteiger partial charge in [-0.15, -0.1) is 0 Å². The molecular weight excluding hydrogens is 402 g/mol. The van der Waals surface area contributed by atoms with Crippen LogP contribution in [0.5, 0.6) is 11.5 Å². The second kappa shape index (κ2) is 10.9. The molecule has 0 aliphatic heterocycles. The summed E-state index contributed by atoms with van der Waals surface area (Å²) in [6.07, 6.45) is 3.57. The third-order valence-corrected chi connectivity index (χ3v) is 4.39. The van der Waals surface area contributed by atoms with Crippen molar-refractivity contribution in [3.05, 3.63) is 88.5 Å². The van der Waals surface area contributed by atoms with Crippen LogP contribution in [0.25, 0.3) is 0 Å². The van der Waals surface area contributed by atoms with Crippen molar-refractivity contribution in [1.82, 2.24) is 10.3 Å². The second-order valence-corrected chi connectivity index (χ2v) is 6.34. The van der Waals surface area contributed by atoms with Crippen molar-refractivity contribution in [2.45, 2.75) is 19.7 Å². The molecule has 0 spiro atoms. The number of hydrogen-bond donors (Lipinski definition) is 1. The van der Waals surface area contributed by atoms with Crippen molar-refractivity contribution < 1.29 is 26.3 Å². The summed E-state index contributed by atoms with van der Waals surface area (Å²) in [5.41, 5.74) is 2.76. The van der Waals surface area contributed by atoms with Gasteiger partial charge in [-0.2, -0.15) is 0 Å². The number of aromatic nitrogens is 1. The fourth-order valence-corrected chi connectivity index (χ4v) is 2.88. The molecule has 0 saturated heterocycles. The average molecular weight is 422 g/mol. The first-order valence-electron chi connectivity index (χ1n) is 8.49. The van der Waals surface area contributed by atoms with Crippen LogP contribution in [0.2, 0.25) is 5.02 Å². The van der Waals surface area contributed by atoms with Gasteiger partial charge in [0, 0.05) is 36.6 Å². The van der Waals surface area contributed by atoms with Gasteiger partial charge in [0.05, 0.1) is 12.1 Å². The van der Waals surface area contributed by atoms with Crippen molar-refractivity contribution >= 4 is 11.6 Å². The Morgan fingerprint density at radius 1 is 1.07 bits per heavy atom. The Hall–Kier alpha value is -2.34. The minimum atomic E-state index is -0.374. The van der Waals surface area contributed by atoms with E-state index in [0.717, 1.165) is 11.1 Å². The molecular formula is C21H20Cl2FN2O2-. The van der Waals surface area contributed by atoms with Crippen molar-refractivity contribution in [3.63, 3.8) is 0 Å². The van der Waals surface area contributed by atoms with E-state index in [1.165, 1.54) is 12.1 Å². The highest BCUT2D eigenvalue weighted by Crippen LogP contribution is 2.32. The van der Waals surface area contributed by atoms with Gasteiger partial charge < -0.3 is 27.2 Å². The topological polar surface area (TPSA) is 43.4 Å². The van der Waals surface area contributed by atoms with E-state index in [0.29, 0.717) is 35.2 Å². The lowest BCUT2D eigenvalue weighted by Gasteiger charge is -2.16. The third-order valence-electron chi connectivity index (χ3n) is 4.03. The van der Waals surface area contributed by atoms with Crippen LogP contribution in [0.1, 0.15) is 16.7 Å². The highest BCUT2D eigenvalue weighted by atomic mass is 35.5. The summed E-state index contributed by atoms with van der Waals surface area (Å²) >= 11 is 6.09. The minimum absolute atomic E-state index is 0. The molecule has 1 N–H and O–H groups in total. The monoisotopic (exact) mass is 421 g/mol. The molecule has 0 aliphatic carbocycles. The van der Waals surface area contributed by atoms with Gasteiger partial charge >= 0.3 is 0 Å². The van der Waals surface area contributed by atoms with E-state index in [-0.39, 0.29) is 24.8 Å². The van der Waals surface area contributed by atoms with Crippen LogP contribution in [0.4, 0.5) is 4.39 Å². The molecule has 0 unspecified atom stereocenters. The van der Waals surface area contributed by atoms with Gasteiger partial charge in [-0.25, -0.2) is 4.39 Å². The molecule has 0 bridgehead atoms. The van der Waals surface area contributed by atoms with Crippen LogP contribution >= 0.6 is 11.6 Å². The number of benzene rings is 2. The number of para-hydroxylation sites is 1. The standard InChI is InChI=1S/C21H20ClFN2O2.ClH/c1-26-20-6-2-5-16(13-25-12-15-4-3-9-24-11-15)21(20)27-14-17-7-8-18(23)10-19(17)22;/h2-11,25H,12-14H2,1H3;1H/p-1. The van der Waals surface area contributed by atoms with Gasteiger partial charge in [-0.1, -0.05) is 35.9 Å². The fraction of sp³-hybridized carbons (Fsp3) is 0.190. The first-order valence-corrected chi connectivity index (χ1v) is 8.87. The Morgan fingerprint density at radius 2 is 1.93 bits per heavy atom. The third kappa shape index (κ3) is 5.83. The Labute approximate surface area is 175 Å². The summed E-state index contributed by atoms with van der Waals surface area (Å²) in [5.74, 6) is 0.898. The molecule has 28 heavy (non-hydrogen) atoms. The molecule has 2 aromatic carbocycles. The van der Waals surface area contributed by atoms with Gasteiger partial charge in [-0.05, 0) is 29.8 Å². The van der Waals surface area contributed by atoms with Crippen LogP contribution in [-0.4, -0.2) is 12.1 Å². The molecule has 0 fully saturated rings. The molecule has 0 saturated carbocycles. The summed E-state index contributed by atoms with van der Waals surface area (Å²) in [6, 6.07) is 13.9. The number of pyridine rings is 1. The van der Waals surface area contributed by atoms with Crippen LogP contribution in [-0.2, 0) is 19.7 Å². The Bertz CT molecular complexity index is 895. The highest BCUT2D eigenvalue weighted by molar-refractivity contribution is 6.31. The maximum atomic E-state index is 13.2. The highest BCUT2D eigenvalue weighted by Gasteiger charge is 2.12. The summed E-state index contributed by atoms with van der Waals surface area (Å²) in [6.45, 7) is 1.50. The van der Waals surface area contributed by atoms with Gasteiger partial charge in [0.15, 0.2) is 11.5 Å². The lowest BCUT2D eigenvalue weighted by Crippen LogP contribution is -3.00. The zero-order valence-corrected chi connectivity index (χ0v) is 16.8. The van der Waals surface area contributed by atoms with E-state index in [2.05, 4.69) is 10.3 Å². The largest absolute Gasteiger partial charge is 1.00 e. The van der Waals surface area contributed by atoms with E-state index in [1.54, 1.807) is 19.4 Å². The molecule has 1 heterocycles. The lowest BCUT2D eigenvalue weighted by atomic mass is 10.1. The number of methoxy groups -OCH3 is 1. The van der Waals surface area contributed by atoms with E-state index < -0.39 is 0 Å². The Balaban J connectivity index is 0.00000280. The van der Waals surface area contributed by atoms with Crippen LogP contribution in [0, 0.1) is 5.82 Å². The number of nitrogens with one attached hydrogen (secondary N) is 1. The SMILES string of the molecule is COc1cccc(CNCc2cccnc2)c1OCc1ccc(F)cc1Cl.[Cl-]. The van der Waals surface area contributed by atoms with Crippen molar-refractivity contribution in [1.29, 1.82) is 0 Å². The van der Waals surface area contributed by atoms with E-state index in [1.807, 2.05) is 36.5 Å². The Morgan fingerprint density at radius 3 is 2.64 bits per heavy atom. The first kappa shape index (κ1) is 22.0. The summed E-state index contributed by atoms with van der Waals surface area (Å²) in [7, 11) is 1.60.